The second-order valence-electron chi connectivity index (χ2n) is 3.42. The minimum absolute atomic E-state index is 0.0123. The van der Waals surface area contributed by atoms with E-state index in [1.807, 2.05) is 0 Å². The lowest BCUT2D eigenvalue weighted by Gasteiger charge is -2.10. The predicted octanol–water partition coefficient (Wildman–Crippen LogP) is 2.06. The van der Waals surface area contributed by atoms with E-state index in [-0.39, 0.29) is 18.8 Å². The number of nitro groups is 1. The number of hydrogen-bond donors (Lipinski definition) is 2. The topological polar surface area (TPSA) is 107 Å². The number of ether oxygens (including phenoxy) is 1. The van der Waals surface area contributed by atoms with E-state index in [0.717, 1.165) is 0 Å². The minimum Gasteiger partial charge on any atom is -0.448 e. The van der Waals surface area contributed by atoms with Crippen molar-refractivity contribution in [1.82, 2.24) is 0 Å². The van der Waals surface area contributed by atoms with E-state index in [9.17, 15) is 14.9 Å². The molecule has 0 saturated carbocycles. The highest BCUT2D eigenvalue weighted by Crippen LogP contribution is 2.32. The number of amides is 1. The van der Waals surface area contributed by atoms with Crippen LogP contribution in [-0.4, -0.2) is 24.2 Å². The van der Waals surface area contributed by atoms with Gasteiger partial charge in [-0.25, -0.2) is 4.79 Å². The zero-order chi connectivity index (χ0) is 13.7. The normalized spacial score (nSPS) is 9.89. The number of nitrogens with two attached hydrogens (primary N) is 1. The number of primary amides is 1. The lowest BCUT2D eigenvalue weighted by molar-refractivity contribution is -0.384. The summed E-state index contributed by atoms with van der Waals surface area (Å²) in [6.45, 7) is 1.87. The maximum Gasteiger partial charge on any atom is 0.404 e. The van der Waals surface area contributed by atoms with E-state index in [2.05, 4.69) is 10.1 Å². The van der Waals surface area contributed by atoms with Crippen LogP contribution >= 0.6 is 11.6 Å². The Labute approximate surface area is 108 Å². The average Bonchev–Trinajstić information content (AvgIpc) is 2.29. The van der Waals surface area contributed by atoms with E-state index in [0.29, 0.717) is 16.3 Å². The molecule has 0 radical (unpaired) electrons. The third-order valence-electron chi connectivity index (χ3n) is 2.22. The number of nitro benzene ring substituents is 1. The van der Waals surface area contributed by atoms with Crippen LogP contribution in [0.3, 0.4) is 0 Å². The third kappa shape index (κ3) is 3.49. The van der Waals surface area contributed by atoms with Gasteiger partial charge in [0.25, 0.3) is 5.69 Å². The van der Waals surface area contributed by atoms with E-state index in [4.69, 9.17) is 17.3 Å². The molecule has 8 heteroatoms. The fraction of sp³-hybridized carbons (Fsp3) is 0.300. The molecule has 1 amide bonds. The standard InChI is InChI=1S/C10H12ClN3O4/c1-6-7(11)2-3-8(14(16)17)9(6)13-4-5-18-10(12)15/h2-3,13H,4-5H2,1H3,(H2,12,15). The summed E-state index contributed by atoms with van der Waals surface area (Å²) in [6, 6.07) is 2.77. The Kier molecular flexibility index (Phi) is 4.73. The van der Waals surface area contributed by atoms with Gasteiger partial charge < -0.3 is 15.8 Å². The van der Waals surface area contributed by atoms with Crippen molar-refractivity contribution >= 4 is 29.1 Å². The van der Waals surface area contributed by atoms with Crippen molar-refractivity contribution in [3.05, 3.63) is 32.8 Å². The van der Waals surface area contributed by atoms with Crippen molar-refractivity contribution in [3.8, 4) is 0 Å². The summed E-state index contributed by atoms with van der Waals surface area (Å²) >= 11 is 5.89. The van der Waals surface area contributed by atoms with Gasteiger partial charge in [0, 0.05) is 17.6 Å². The number of rotatable bonds is 5. The van der Waals surface area contributed by atoms with Crippen molar-refractivity contribution in [2.75, 3.05) is 18.5 Å². The van der Waals surface area contributed by atoms with Crippen molar-refractivity contribution in [2.45, 2.75) is 6.92 Å². The molecular weight excluding hydrogens is 262 g/mol. The number of benzene rings is 1. The third-order valence-corrected chi connectivity index (χ3v) is 2.63. The number of halogens is 1. The summed E-state index contributed by atoms with van der Waals surface area (Å²) in [6.07, 6.45) is -0.894. The maximum atomic E-state index is 10.8. The van der Waals surface area contributed by atoms with Gasteiger partial charge in [-0.3, -0.25) is 10.1 Å². The van der Waals surface area contributed by atoms with Gasteiger partial charge in [-0.05, 0) is 18.6 Å². The molecule has 0 aliphatic rings. The summed E-state index contributed by atoms with van der Waals surface area (Å²) in [5.74, 6) is 0. The summed E-state index contributed by atoms with van der Waals surface area (Å²) in [7, 11) is 0. The molecule has 98 valence electrons. The Balaban J connectivity index is 2.82. The molecule has 0 aliphatic carbocycles. The van der Waals surface area contributed by atoms with Crippen LogP contribution in [0.1, 0.15) is 5.56 Å². The molecule has 0 atom stereocenters. The number of carbonyl (C=O) groups is 1. The molecule has 7 nitrogen and oxygen atoms in total. The van der Waals surface area contributed by atoms with Crippen LogP contribution in [-0.2, 0) is 4.74 Å². The number of nitrogens with one attached hydrogen (secondary N) is 1. The largest absolute Gasteiger partial charge is 0.448 e. The Morgan fingerprint density at radius 1 is 1.61 bits per heavy atom. The highest BCUT2D eigenvalue weighted by atomic mass is 35.5. The smallest absolute Gasteiger partial charge is 0.404 e. The molecule has 1 aromatic carbocycles. The van der Waals surface area contributed by atoms with E-state index in [1.54, 1.807) is 6.92 Å². The van der Waals surface area contributed by atoms with Gasteiger partial charge in [-0.2, -0.15) is 0 Å². The van der Waals surface area contributed by atoms with E-state index in [1.165, 1.54) is 12.1 Å². The molecule has 0 saturated heterocycles. The first kappa shape index (κ1) is 14.0. The summed E-state index contributed by atoms with van der Waals surface area (Å²) < 4.78 is 4.51. The Hall–Kier alpha value is -2.02. The monoisotopic (exact) mass is 273 g/mol. The first-order valence-electron chi connectivity index (χ1n) is 5.03. The van der Waals surface area contributed by atoms with E-state index >= 15 is 0 Å². The van der Waals surface area contributed by atoms with Crippen LogP contribution in [0.4, 0.5) is 16.2 Å². The second kappa shape index (κ2) is 6.06. The van der Waals surface area contributed by atoms with Gasteiger partial charge in [-0.1, -0.05) is 11.6 Å². The van der Waals surface area contributed by atoms with Crippen molar-refractivity contribution in [1.29, 1.82) is 0 Å². The second-order valence-corrected chi connectivity index (χ2v) is 3.83. The van der Waals surface area contributed by atoms with E-state index < -0.39 is 11.0 Å². The van der Waals surface area contributed by atoms with Crippen LogP contribution in [0.25, 0.3) is 0 Å². The fourth-order valence-electron chi connectivity index (χ4n) is 1.37. The predicted molar refractivity (Wildman–Crippen MR) is 66.9 cm³/mol. The average molecular weight is 274 g/mol. The Bertz CT molecular complexity index is 478. The zero-order valence-corrected chi connectivity index (χ0v) is 10.4. The quantitative estimate of drug-likeness (QED) is 0.485. The summed E-state index contributed by atoms with van der Waals surface area (Å²) in [5.41, 5.74) is 5.56. The summed E-state index contributed by atoms with van der Waals surface area (Å²) in [5, 5.41) is 14.1. The minimum atomic E-state index is -0.894. The molecule has 0 bridgehead atoms. The number of anilines is 1. The number of nitrogens with zero attached hydrogens (tertiary/aromatic N) is 1. The first-order valence-corrected chi connectivity index (χ1v) is 5.41. The lowest BCUT2D eigenvalue weighted by atomic mass is 10.1. The van der Waals surface area contributed by atoms with Gasteiger partial charge in [0.1, 0.15) is 12.3 Å². The molecule has 0 aromatic heterocycles. The van der Waals surface area contributed by atoms with Gasteiger partial charge in [0.2, 0.25) is 0 Å². The van der Waals surface area contributed by atoms with Crippen LogP contribution < -0.4 is 11.1 Å². The molecular formula is C10H12ClN3O4. The summed E-state index contributed by atoms with van der Waals surface area (Å²) in [4.78, 5) is 20.7. The van der Waals surface area contributed by atoms with Crippen LogP contribution in [0.5, 0.6) is 0 Å². The van der Waals surface area contributed by atoms with Crippen LogP contribution in [0.2, 0.25) is 5.02 Å². The van der Waals surface area contributed by atoms with Gasteiger partial charge in [0.05, 0.1) is 4.92 Å². The van der Waals surface area contributed by atoms with Crippen LogP contribution in [0.15, 0.2) is 12.1 Å². The first-order chi connectivity index (χ1) is 8.43. The van der Waals surface area contributed by atoms with Gasteiger partial charge in [-0.15, -0.1) is 0 Å². The van der Waals surface area contributed by atoms with Crippen LogP contribution in [0, 0.1) is 17.0 Å². The SMILES string of the molecule is Cc1c(Cl)ccc([N+](=O)[O-])c1NCCOC(N)=O. The molecule has 0 unspecified atom stereocenters. The molecule has 18 heavy (non-hydrogen) atoms. The highest BCUT2D eigenvalue weighted by Gasteiger charge is 2.17. The molecule has 0 aliphatic heterocycles. The number of hydrogen-bond acceptors (Lipinski definition) is 5. The number of carbonyl (C=O) groups excluding carboxylic acids is 1. The Morgan fingerprint density at radius 3 is 2.83 bits per heavy atom. The van der Waals surface area contributed by atoms with Gasteiger partial charge in [0.15, 0.2) is 0 Å². The molecule has 1 aromatic rings. The zero-order valence-electron chi connectivity index (χ0n) is 9.60. The van der Waals surface area contributed by atoms with Crippen molar-refractivity contribution < 1.29 is 14.5 Å². The molecule has 3 N–H and O–H groups in total. The lowest BCUT2D eigenvalue weighted by Crippen LogP contribution is -2.19. The maximum absolute atomic E-state index is 10.8. The molecule has 0 heterocycles. The molecule has 0 spiro atoms. The van der Waals surface area contributed by atoms with Crippen molar-refractivity contribution in [2.24, 2.45) is 5.73 Å². The molecule has 1 rings (SSSR count). The van der Waals surface area contributed by atoms with Gasteiger partial charge >= 0.3 is 6.09 Å². The highest BCUT2D eigenvalue weighted by molar-refractivity contribution is 6.31. The van der Waals surface area contributed by atoms with Crippen molar-refractivity contribution in [3.63, 3.8) is 0 Å². The fourth-order valence-corrected chi connectivity index (χ4v) is 1.53. The molecule has 0 fully saturated rings. The Morgan fingerprint density at radius 2 is 2.28 bits per heavy atom.